The van der Waals surface area contributed by atoms with Crippen LogP contribution in [0.15, 0.2) is 16.7 Å². The van der Waals surface area contributed by atoms with E-state index in [1.165, 1.54) is 0 Å². The van der Waals surface area contributed by atoms with Crippen molar-refractivity contribution in [3.05, 3.63) is 23.9 Å². The van der Waals surface area contributed by atoms with Crippen molar-refractivity contribution in [3.8, 4) is 0 Å². The number of carbonyl (C=O) groups excluding carboxylic acids is 1. The number of nitrogens with one attached hydrogen (secondary N) is 1. The molecule has 0 unspecified atom stereocenters. The average Bonchev–Trinajstić information content (AvgIpc) is 2.73. The first-order valence-corrected chi connectivity index (χ1v) is 5.47. The van der Waals surface area contributed by atoms with Gasteiger partial charge in [0.25, 0.3) is 0 Å². The molecular weight excluding hydrogens is 206 g/mol. The highest BCUT2D eigenvalue weighted by Gasteiger charge is 2.18. The highest BCUT2D eigenvalue weighted by atomic mass is 16.5. The molecule has 5 nitrogen and oxygen atoms in total. The lowest BCUT2D eigenvalue weighted by atomic mass is 9.94. The number of rotatable bonds is 3. The fourth-order valence-electron chi connectivity index (χ4n) is 1.75. The number of aromatic nitrogens is 2. The molecule has 1 heterocycles. The zero-order valence-corrected chi connectivity index (χ0v) is 9.27. The first kappa shape index (κ1) is 10.9. The zero-order chi connectivity index (χ0) is 11.4. The summed E-state index contributed by atoms with van der Waals surface area (Å²) in [7, 11) is 0. The van der Waals surface area contributed by atoms with Crippen molar-refractivity contribution in [2.45, 2.75) is 32.7 Å². The molecule has 1 aliphatic rings. The Kier molecular flexibility index (Phi) is 3.34. The van der Waals surface area contributed by atoms with Gasteiger partial charge in [0, 0.05) is 5.92 Å². The van der Waals surface area contributed by atoms with Gasteiger partial charge in [0.05, 0.1) is 6.54 Å². The van der Waals surface area contributed by atoms with Crippen LogP contribution in [0.1, 0.15) is 31.0 Å². The van der Waals surface area contributed by atoms with Gasteiger partial charge in [0.15, 0.2) is 5.82 Å². The van der Waals surface area contributed by atoms with Gasteiger partial charge in [-0.2, -0.15) is 4.98 Å². The van der Waals surface area contributed by atoms with Crippen molar-refractivity contribution < 1.29 is 9.32 Å². The van der Waals surface area contributed by atoms with Gasteiger partial charge in [-0.05, 0) is 26.2 Å². The summed E-state index contributed by atoms with van der Waals surface area (Å²) in [5, 5.41) is 6.47. The van der Waals surface area contributed by atoms with Crippen molar-refractivity contribution in [2.75, 3.05) is 0 Å². The fraction of sp³-hybridized carbons (Fsp3) is 0.545. The van der Waals surface area contributed by atoms with E-state index in [1.54, 1.807) is 6.92 Å². The molecule has 0 fully saturated rings. The minimum Gasteiger partial charge on any atom is -0.347 e. The van der Waals surface area contributed by atoms with Gasteiger partial charge < -0.3 is 9.84 Å². The van der Waals surface area contributed by atoms with Crippen molar-refractivity contribution in [1.29, 1.82) is 0 Å². The van der Waals surface area contributed by atoms with Gasteiger partial charge in [-0.1, -0.05) is 17.3 Å². The van der Waals surface area contributed by atoms with Gasteiger partial charge >= 0.3 is 0 Å². The molecule has 0 spiro atoms. The van der Waals surface area contributed by atoms with Gasteiger partial charge in [-0.15, -0.1) is 0 Å². The Balaban J connectivity index is 1.81. The molecule has 1 aliphatic carbocycles. The van der Waals surface area contributed by atoms with E-state index in [2.05, 4.69) is 27.6 Å². The maximum Gasteiger partial charge on any atom is 0.246 e. The molecule has 0 saturated heterocycles. The van der Waals surface area contributed by atoms with Crippen LogP contribution in [-0.4, -0.2) is 16.0 Å². The van der Waals surface area contributed by atoms with Crippen molar-refractivity contribution in [3.63, 3.8) is 0 Å². The molecule has 0 aromatic carbocycles. The summed E-state index contributed by atoms with van der Waals surface area (Å²) in [6, 6.07) is 0. The third-order valence-electron chi connectivity index (χ3n) is 2.62. The first-order chi connectivity index (χ1) is 7.75. The summed E-state index contributed by atoms with van der Waals surface area (Å²) in [5.41, 5.74) is 0. The molecule has 1 aromatic heterocycles. The largest absolute Gasteiger partial charge is 0.347 e. The standard InChI is InChI=1S/C11H15N3O2/c1-8-13-10(16-14-8)7-12-11(15)9-5-3-2-4-6-9/h2-3,9H,4-7H2,1H3,(H,12,15)/t9-/m0/s1. The van der Waals surface area contributed by atoms with Crippen LogP contribution in [-0.2, 0) is 11.3 Å². The van der Waals surface area contributed by atoms with Gasteiger partial charge in [0.2, 0.25) is 11.8 Å². The number of nitrogens with zero attached hydrogens (tertiary/aromatic N) is 2. The molecule has 86 valence electrons. The Labute approximate surface area is 93.9 Å². The first-order valence-electron chi connectivity index (χ1n) is 5.47. The van der Waals surface area contributed by atoms with E-state index in [0.29, 0.717) is 18.3 Å². The summed E-state index contributed by atoms with van der Waals surface area (Å²) in [4.78, 5) is 15.8. The van der Waals surface area contributed by atoms with Crippen LogP contribution in [0.25, 0.3) is 0 Å². The molecule has 1 aromatic rings. The van der Waals surface area contributed by atoms with Crippen molar-refractivity contribution >= 4 is 5.91 Å². The highest BCUT2D eigenvalue weighted by Crippen LogP contribution is 2.18. The monoisotopic (exact) mass is 221 g/mol. The Hall–Kier alpha value is -1.65. The van der Waals surface area contributed by atoms with Crippen LogP contribution < -0.4 is 5.32 Å². The van der Waals surface area contributed by atoms with Crippen LogP contribution in [0.5, 0.6) is 0 Å². The molecule has 0 bridgehead atoms. The minimum absolute atomic E-state index is 0.0696. The summed E-state index contributed by atoms with van der Waals surface area (Å²) < 4.78 is 4.91. The minimum atomic E-state index is 0.0696. The molecule has 1 N–H and O–H groups in total. The van der Waals surface area contributed by atoms with Crippen molar-refractivity contribution in [2.24, 2.45) is 5.92 Å². The molecule has 0 saturated carbocycles. The summed E-state index contributed by atoms with van der Waals surface area (Å²) in [6.45, 7) is 2.07. The highest BCUT2D eigenvalue weighted by molar-refractivity contribution is 5.78. The molecular formula is C11H15N3O2. The second-order valence-electron chi connectivity index (χ2n) is 3.93. The molecule has 0 radical (unpaired) electrons. The summed E-state index contributed by atoms with van der Waals surface area (Å²) >= 11 is 0. The SMILES string of the molecule is Cc1noc(CNC(=O)[C@H]2CC=CCC2)n1. The van der Waals surface area contributed by atoms with Crippen LogP contribution in [0.4, 0.5) is 0 Å². The number of hydrogen-bond donors (Lipinski definition) is 1. The Morgan fingerprint density at radius 1 is 1.62 bits per heavy atom. The Morgan fingerprint density at radius 2 is 2.50 bits per heavy atom. The normalized spacial score (nSPS) is 19.7. The van der Waals surface area contributed by atoms with E-state index < -0.39 is 0 Å². The second kappa shape index (κ2) is 4.92. The van der Waals surface area contributed by atoms with E-state index in [-0.39, 0.29) is 11.8 Å². The maximum absolute atomic E-state index is 11.7. The predicted octanol–water partition coefficient (Wildman–Crippen LogP) is 1.35. The molecule has 16 heavy (non-hydrogen) atoms. The van der Waals surface area contributed by atoms with E-state index in [1.807, 2.05) is 0 Å². The lowest BCUT2D eigenvalue weighted by Crippen LogP contribution is -2.30. The molecule has 1 atom stereocenters. The third kappa shape index (κ3) is 2.68. The third-order valence-corrected chi connectivity index (χ3v) is 2.62. The van der Waals surface area contributed by atoms with E-state index >= 15 is 0 Å². The van der Waals surface area contributed by atoms with Crippen LogP contribution in [0.3, 0.4) is 0 Å². The number of aryl methyl sites for hydroxylation is 1. The zero-order valence-electron chi connectivity index (χ0n) is 9.27. The topological polar surface area (TPSA) is 68.0 Å². The number of amides is 1. The predicted molar refractivity (Wildman–Crippen MR) is 57.4 cm³/mol. The average molecular weight is 221 g/mol. The number of allylic oxidation sites excluding steroid dienone is 2. The van der Waals surface area contributed by atoms with Crippen LogP contribution in [0.2, 0.25) is 0 Å². The van der Waals surface area contributed by atoms with Crippen LogP contribution >= 0.6 is 0 Å². The lowest BCUT2D eigenvalue weighted by Gasteiger charge is -2.16. The number of carbonyl (C=O) groups is 1. The van der Waals surface area contributed by atoms with E-state index in [0.717, 1.165) is 19.3 Å². The lowest BCUT2D eigenvalue weighted by molar-refractivity contribution is -0.125. The van der Waals surface area contributed by atoms with Crippen molar-refractivity contribution in [1.82, 2.24) is 15.5 Å². The second-order valence-corrected chi connectivity index (χ2v) is 3.93. The summed E-state index contributed by atoms with van der Waals surface area (Å²) in [6.07, 6.45) is 6.91. The molecule has 5 heteroatoms. The quantitative estimate of drug-likeness (QED) is 0.782. The van der Waals surface area contributed by atoms with Gasteiger partial charge in [0.1, 0.15) is 0 Å². The van der Waals surface area contributed by atoms with E-state index in [4.69, 9.17) is 4.52 Å². The smallest absolute Gasteiger partial charge is 0.246 e. The molecule has 1 amide bonds. The summed E-state index contributed by atoms with van der Waals surface area (Å²) in [5.74, 6) is 1.20. The number of hydrogen-bond acceptors (Lipinski definition) is 4. The van der Waals surface area contributed by atoms with Gasteiger partial charge in [-0.25, -0.2) is 0 Å². The molecule has 2 rings (SSSR count). The van der Waals surface area contributed by atoms with E-state index in [9.17, 15) is 4.79 Å². The fourth-order valence-corrected chi connectivity index (χ4v) is 1.75. The van der Waals surface area contributed by atoms with Crippen LogP contribution in [0, 0.1) is 12.8 Å². The van der Waals surface area contributed by atoms with Gasteiger partial charge in [-0.3, -0.25) is 4.79 Å². The Bertz CT molecular complexity index is 398. The Morgan fingerprint density at radius 3 is 3.12 bits per heavy atom. The molecule has 0 aliphatic heterocycles. The maximum atomic E-state index is 11.7.